The lowest BCUT2D eigenvalue weighted by atomic mass is 10.2. The molecule has 2 heterocycles. The second-order valence-corrected chi connectivity index (χ2v) is 4.69. The molecular formula is C13H10ClN3O2. The highest BCUT2D eigenvalue weighted by Gasteiger charge is 2.17. The number of carboxylic acids is 1. The van der Waals surface area contributed by atoms with Gasteiger partial charge in [-0.2, -0.15) is 5.10 Å². The zero-order valence-electron chi connectivity index (χ0n) is 10.0. The van der Waals surface area contributed by atoms with Crippen molar-refractivity contribution in [1.29, 1.82) is 0 Å². The Bertz CT molecular complexity index is 788. The van der Waals surface area contributed by atoms with Crippen LogP contribution in [0, 0.1) is 0 Å². The Hall–Kier alpha value is -2.27. The summed E-state index contributed by atoms with van der Waals surface area (Å²) in [7, 11) is 1.87. The maximum absolute atomic E-state index is 11.1. The maximum Gasteiger partial charge on any atom is 0.339 e. The first-order chi connectivity index (χ1) is 9.08. The van der Waals surface area contributed by atoms with Crippen molar-refractivity contribution in [1.82, 2.24) is 14.8 Å². The van der Waals surface area contributed by atoms with Gasteiger partial charge in [0.2, 0.25) is 0 Å². The van der Waals surface area contributed by atoms with Crippen molar-refractivity contribution in [2.24, 2.45) is 7.05 Å². The number of carboxylic acid groups (broad SMARTS) is 1. The smallest absolute Gasteiger partial charge is 0.339 e. The van der Waals surface area contributed by atoms with E-state index in [-0.39, 0.29) is 5.56 Å². The molecule has 3 aromatic rings. The molecule has 5 nitrogen and oxygen atoms in total. The highest BCUT2D eigenvalue weighted by molar-refractivity contribution is 6.31. The van der Waals surface area contributed by atoms with E-state index < -0.39 is 5.97 Å². The number of rotatable bonds is 2. The average Bonchev–Trinajstić information content (AvgIpc) is 2.94. The summed E-state index contributed by atoms with van der Waals surface area (Å²) < 4.78 is 1.91. The number of fused-ring (bicyclic) bond motifs is 1. The Morgan fingerprint density at radius 3 is 2.95 bits per heavy atom. The van der Waals surface area contributed by atoms with Gasteiger partial charge >= 0.3 is 5.97 Å². The average molecular weight is 276 g/mol. The number of aromatic amines is 1. The Balaban J connectivity index is 2.28. The van der Waals surface area contributed by atoms with Crippen LogP contribution in [-0.4, -0.2) is 25.8 Å². The summed E-state index contributed by atoms with van der Waals surface area (Å²) in [4.78, 5) is 11.1. The van der Waals surface area contributed by atoms with Crippen LogP contribution >= 0.6 is 11.6 Å². The molecule has 0 bridgehead atoms. The van der Waals surface area contributed by atoms with Crippen LogP contribution in [0.15, 0.2) is 30.5 Å². The number of aromatic carboxylic acids is 1. The highest BCUT2D eigenvalue weighted by Crippen LogP contribution is 2.29. The second-order valence-electron chi connectivity index (χ2n) is 4.26. The van der Waals surface area contributed by atoms with E-state index >= 15 is 0 Å². The van der Waals surface area contributed by atoms with Gasteiger partial charge in [-0.25, -0.2) is 4.79 Å². The quantitative estimate of drug-likeness (QED) is 0.755. The van der Waals surface area contributed by atoms with Crippen LogP contribution in [0.2, 0.25) is 5.02 Å². The SMILES string of the molecule is Cn1c(-c2[nH]ncc2C(=O)O)cc2cc(Cl)ccc21. The lowest BCUT2D eigenvalue weighted by molar-refractivity contribution is 0.0698. The fraction of sp³-hybridized carbons (Fsp3) is 0.0769. The standard InChI is InChI=1S/C13H10ClN3O2/c1-17-10-3-2-8(14)4-7(10)5-11(17)12-9(13(18)19)6-15-16-12/h2-6H,1H3,(H,15,16)(H,18,19). The van der Waals surface area contributed by atoms with Crippen molar-refractivity contribution in [3.05, 3.63) is 41.0 Å². The second kappa shape index (κ2) is 4.13. The predicted molar refractivity (Wildman–Crippen MR) is 72.5 cm³/mol. The fourth-order valence-corrected chi connectivity index (χ4v) is 2.38. The third-order valence-electron chi connectivity index (χ3n) is 3.13. The van der Waals surface area contributed by atoms with Gasteiger partial charge in [-0.3, -0.25) is 5.10 Å². The molecule has 1 aromatic carbocycles. The van der Waals surface area contributed by atoms with Gasteiger partial charge in [-0.15, -0.1) is 0 Å². The summed E-state index contributed by atoms with van der Waals surface area (Å²) in [6.07, 6.45) is 1.31. The van der Waals surface area contributed by atoms with Crippen molar-refractivity contribution < 1.29 is 9.90 Å². The van der Waals surface area contributed by atoms with E-state index in [1.54, 1.807) is 6.07 Å². The number of halogens is 1. The van der Waals surface area contributed by atoms with Crippen LogP contribution in [0.4, 0.5) is 0 Å². The monoisotopic (exact) mass is 275 g/mol. The zero-order valence-corrected chi connectivity index (χ0v) is 10.8. The number of aromatic nitrogens is 3. The minimum Gasteiger partial charge on any atom is -0.478 e. The summed E-state index contributed by atoms with van der Waals surface area (Å²) in [6.45, 7) is 0. The van der Waals surface area contributed by atoms with Crippen LogP contribution < -0.4 is 0 Å². The Kier molecular flexibility index (Phi) is 2.57. The number of carbonyl (C=O) groups is 1. The molecule has 19 heavy (non-hydrogen) atoms. The molecule has 0 spiro atoms. The molecule has 0 aliphatic carbocycles. The number of benzene rings is 1. The van der Waals surface area contributed by atoms with Crippen molar-refractivity contribution >= 4 is 28.5 Å². The van der Waals surface area contributed by atoms with E-state index in [2.05, 4.69) is 10.2 Å². The molecule has 0 saturated heterocycles. The van der Waals surface area contributed by atoms with Crippen LogP contribution in [0.1, 0.15) is 10.4 Å². The maximum atomic E-state index is 11.1. The first kappa shape index (κ1) is 11.8. The van der Waals surface area contributed by atoms with Gasteiger partial charge < -0.3 is 9.67 Å². The number of nitrogens with zero attached hydrogens (tertiary/aromatic N) is 2. The molecule has 0 aliphatic rings. The molecule has 0 unspecified atom stereocenters. The first-order valence-electron chi connectivity index (χ1n) is 5.60. The number of nitrogens with one attached hydrogen (secondary N) is 1. The third kappa shape index (κ3) is 1.79. The lowest BCUT2D eigenvalue weighted by Crippen LogP contribution is -1.99. The van der Waals surface area contributed by atoms with E-state index in [4.69, 9.17) is 16.7 Å². The summed E-state index contributed by atoms with van der Waals surface area (Å²) in [5.41, 5.74) is 2.37. The van der Waals surface area contributed by atoms with Gasteiger partial charge in [0, 0.05) is 23.0 Å². The number of aryl methyl sites for hydroxylation is 1. The molecule has 0 aliphatic heterocycles. The molecule has 6 heteroatoms. The van der Waals surface area contributed by atoms with Gasteiger partial charge in [-0.1, -0.05) is 11.6 Å². The molecule has 3 rings (SSSR count). The topological polar surface area (TPSA) is 70.9 Å². The van der Waals surface area contributed by atoms with Crippen LogP contribution in [-0.2, 0) is 7.05 Å². The minimum atomic E-state index is -1.01. The van der Waals surface area contributed by atoms with Gasteiger partial charge in [0.1, 0.15) is 5.56 Å². The van der Waals surface area contributed by atoms with E-state index in [0.717, 1.165) is 16.6 Å². The molecule has 0 saturated carbocycles. The zero-order chi connectivity index (χ0) is 13.6. The molecule has 0 amide bonds. The number of H-pyrrole nitrogens is 1. The number of hydrogen-bond acceptors (Lipinski definition) is 2. The Morgan fingerprint density at radius 2 is 2.21 bits per heavy atom. The fourth-order valence-electron chi connectivity index (χ4n) is 2.20. The van der Waals surface area contributed by atoms with E-state index in [0.29, 0.717) is 10.7 Å². The molecular weight excluding hydrogens is 266 g/mol. The number of hydrogen-bond donors (Lipinski definition) is 2. The van der Waals surface area contributed by atoms with E-state index in [1.165, 1.54) is 6.20 Å². The molecule has 0 fully saturated rings. The molecule has 96 valence electrons. The third-order valence-corrected chi connectivity index (χ3v) is 3.37. The summed E-state index contributed by atoms with van der Waals surface area (Å²) in [5.74, 6) is -1.01. The van der Waals surface area contributed by atoms with Crippen LogP contribution in [0.25, 0.3) is 22.3 Å². The van der Waals surface area contributed by atoms with Crippen molar-refractivity contribution in [3.8, 4) is 11.4 Å². The Labute approximate surface area is 113 Å². The molecule has 0 radical (unpaired) electrons. The normalized spacial score (nSPS) is 11.1. The minimum absolute atomic E-state index is 0.150. The van der Waals surface area contributed by atoms with Gasteiger partial charge in [0.05, 0.1) is 17.6 Å². The van der Waals surface area contributed by atoms with Crippen LogP contribution in [0.5, 0.6) is 0 Å². The summed E-state index contributed by atoms with van der Waals surface area (Å²) in [6, 6.07) is 7.44. The van der Waals surface area contributed by atoms with Gasteiger partial charge in [-0.05, 0) is 24.3 Å². The molecule has 2 aromatic heterocycles. The van der Waals surface area contributed by atoms with E-state index in [9.17, 15) is 4.79 Å². The van der Waals surface area contributed by atoms with E-state index in [1.807, 2.05) is 29.8 Å². The molecule has 0 atom stereocenters. The van der Waals surface area contributed by atoms with Crippen molar-refractivity contribution in [2.45, 2.75) is 0 Å². The van der Waals surface area contributed by atoms with Crippen LogP contribution in [0.3, 0.4) is 0 Å². The lowest BCUT2D eigenvalue weighted by Gasteiger charge is -2.03. The van der Waals surface area contributed by atoms with Gasteiger partial charge in [0.25, 0.3) is 0 Å². The largest absolute Gasteiger partial charge is 0.478 e. The van der Waals surface area contributed by atoms with Crippen molar-refractivity contribution in [2.75, 3.05) is 0 Å². The predicted octanol–water partition coefficient (Wildman–Crippen LogP) is 2.92. The summed E-state index contributed by atoms with van der Waals surface area (Å²) >= 11 is 5.96. The van der Waals surface area contributed by atoms with Gasteiger partial charge in [0.15, 0.2) is 0 Å². The molecule has 2 N–H and O–H groups in total. The highest BCUT2D eigenvalue weighted by atomic mass is 35.5. The first-order valence-corrected chi connectivity index (χ1v) is 5.97. The summed E-state index contributed by atoms with van der Waals surface area (Å²) in [5, 5.41) is 17.3. The Morgan fingerprint density at radius 1 is 1.42 bits per heavy atom. The van der Waals surface area contributed by atoms with Crippen molar-refractivity contribution in [3.63, 3.8) is 0 Å².